The predicted octanol–water partition coefficient (Wildman–Crippen LogP) is 4.77. The number of carbonyl (C=O) groups is 1. The maximum absolute atomic E-state index is 13.2. The molecule has 0 spiro atoms. The number of hydrogen-bond acceptors (Lipinski definition) is 3. The molecular weight excluding hydrogens is 370 g/mol. The number of piperidine rings is 2. The first-order chi connectivity index (χ1) is 14.4. The van der Waals surface area contributed by atoms with Gasteiger partial charge < -0.3 is 5.11 Å². The minimum atomic E-state index is -0.242. The topological polar surface area (TPSA) is 40.5 Å². The van der Waals surface area contributed by atoms with E-state index in [1.165, 1.54) is 45.2 Å². The molecule has 12 atom stereocenters. The molecule has 30 heavy (non-hydrogen) atoms. The summed E-state index contributed by atoms with van der Waals surface area (Å²) >= 11 is 0. The van der Waals surface area contributed by atoms with Crippen molar-refractivity contribution in [1.82, 2.24) is 4.90 Å². The van der Waals surface area contributed by atoms with Crippen LogP contribution >= 0.6 is 0 Å². The Morgan fingerprint density at radius 3 is 2.53 bits per heavy atom. The Labute approximate surface area is 183 Å². The number of carbonyl (C=O) groups excluding carboxylic acids is 1. The second kappa shape index (κ2) is 7.04. The van der Waals surface area contributed by atoms with E-state index in [0.717, 1.165) is 73.2 Å². The summed E-state index contributed by atoms with van der Waals surface area (Å²) in [6, 6.07) is 0.839. The maximum Gasteiger partial charge on any atom is 0.136 e. The smallest absolute Gasteiger partial charge is 0.136 e. The highest BCUT2D eigenvalue weighted by molar-refractivity contribution is 5.83. The van der Waals surface area contributed by atoms with Gasteiger partial charge >= 0.3 is 0 Å². The lowest BCUT2D eigenvalue weighted by atomic mass is 9.51. The average molecular weight is 414 g/mol. The zero-order chi connectivity index (χ0) is 20.8. The largest absolute Gasteiger partial charge is 0.393 e. The van der Waals surface area contributed by atoms with Crippen LogP contribution in [0.25, 0.3) is 0 Å². The van der Waals surface area contributed by atoms with Crippen molar-refractivity contribution in [3.05, 3.63) is 0 Å². The van der Waals surface area contributed by atoms with Gasteiger partial charge in [-0.3, -0.25) is 9.69 Å². The van der Waals surface area contributed by atoms with Crippen LogP contribution in [0.1, 0.15) is 78.6 Å². The Hall–Kier alpha value is -0.410. The zero-order valence-electron chi connectivity index (χ0n) is 19.4. The van der Waals surface area contributed by atoms with Gasteiger partial charge in [-0.2, -0.15) is 0 Å². The van der Waals surface area contributed by atoms with Crippen molar-refractivity contribution in [2.75, 3.05) is 13.1 Å². The summed E-state index contributed by atoms with van der Waals surface area (Å²) in [6.07, 6.45) is 10.3. The first-order valence-electron chi connectivity index (χ1n) is 13.3. The van der Waals surface area contributed by atoms with Gasteiger partial charge in [0.15, 0.2) is 0 Å². The summed E-state index contributed by atoms with van der Waals surface area (Å²) in [5.41, 5.74) is 0.161. The molecule has 0 aromatic rings. The molecule has 6 rings (SSSR count). The Bertz CT molecular complexity index is 705. The summed E-state index contributed by atoms with van der Waals surface area (Å²) in [6.45, 7) is 10.1. The fourth-order valence-corrected chi connectivity index (χ4v) is 10.3. The number of hydrogen-bond donors (Lipinski definition) is 1. The maximum atomic E-state index is 13.2. The molecule has 0 amide bonds. The highest BCUT2D eigenvalue weighted by Gasteiger charge is 2.62. The van der Waals surface area contributed by atoms with Crippen molar-refractivity contribution in [3.63, 3.8) is 0 Å². The van der Waals surface area contributed by atoms with Crippen LogP contribution in [0.5, 0.6) is 0 Å². The SMILES string of the molecule is C[C@H]1CC[C@H]2[C@H](C)[C@H]3CC[C@@H]4[C@@H](CC5[C@H]4CC(=O)[C@H]4C[C@@H](O)CC[C@]54C)[C@@H]3CN2C1. The van der Waals surface area contributed by atoms with Gasteiger partial charge in [0.2, 0.25) is 0 Å². The van der Waals surface area contributed by atoms with Crippen LogP contribution in [0.15, 0.2) is 0 Å². The molecule has 0 aromatic heterocycles. The van der Waals surface area contributed by atoms with Crippen molar-refractivity contribution in [3.8, 4) is 0 Å². The Kier molecular flexibility index (Phi) is 4.75. The van der Waals surface area contributed by atoms with Gasteiger partial charge in [0.25, 0.3) is 0 Å². The van der Waals surface area contributed by atoms with Crippen LogP contribution in [0.3, 0.4) is 0 Å². The van der Waals surface area contributed by atoms with Crippen molar-refractivity contribution in [2.24, 2.45) is 58.7 Å². The molecule has 4 aliphatic carbocycles. The molecule has 1 N–H and O–H groups in total. The predicted molar refractivity (Wildman–Crippen MR) is 119 cm³/mol. The molecule has 3 nitrogen and oxygen atoms in total. The van der Waals surface area contributed by atoms with Crippen molar-refractivity contribution in [2.45, 2.75) is 90.7 Å². The number of rotatable bonds is 0. The molecule has 6 fully saturated rings. The third kappa shape index (κ3) is 2.79. The molecule has 2 aliphatic heterocycles. The molecule has 0 aromatic carbocycles. The number of nitrogens with zero attached hydrogens (tertiary/aromatic N) is 1. The number of fused-ring (bicyclic) bond motifs is 8. The van der Waals surface area contributed by atoms with Crippen LogP contribution in [-0.2, 0) is 4.79 Å². The third-order valence-electron chi connectivity index (χ3n) is 11.8. The summed E-state index contributed by atoms with van der Waals surface area (Å²) in [4.78, 5) is 16.1. The molecule has 6 aliphatic rings. The Morgan fingerprint density at radius 1 is 0.900 bits per heavy atom. The normalized spacial score (nSPS) is 58.3. The van der Waals surface area contributed by atoms with E-state index >= 15 is 0 Å². The van der Waals surface area contributed by atoms with Gasteiger partial charge in [-0.05, 0) is 104 Å². The molecule has 2 saturated heterocycles. The summed E-state index contributed by atoms with van der Waals surface area (Å²) in [5, 5.41) is 10.3. The van der Waals surface area contributed by atoms with Gasteiger partial charge in [0.1, 0.15) is 5.78 Å². The second-order valence-electron chi connectivity index (χ2n) is 13.0. The molecule has 3 heteroatoms. The third-order valence-corrected chi connectivity index (χ3v) is 11.8. The Morgan fingerprint density at radius 2 is 1.70 bits per heavy atom. The number of ketones is 1. The standard InChI is InChI=1S/C27H43NO2/c1-15-4-7-25-16(2)18-5-6-19-20(22(18)14-28(25)13-15)11-23-21(19)12-26(30)24-10-17(29)8-9-27(23,24)3/h15-25,29H,4-14H2,1-3H3/t15-,16+,17-,18+,19+,20+,21-,22+,23?,24+,25-,27+/m0/s1. The van der Waals surface area contributed by atoms with Crippen molar-refractivity contribution in [1.29, 1.82) is 0 Å². The second-order valence-corrected chi connectivity index (χ2v) is 13.0. The van der Waals surface area contributed by atoms with Crippen LogP contribution in [-0.4, -0.2) is 41.0 Å². The minimum Gasteiger partial charge on any atom is -0.393 e. The van der Waals surface area contributed by atoms with Crippen molar-refractivity contribution >= 4 is 5.78 Å². The molecule has 4 saturated carbocycles. The first kappa shape index (κ1) is 20.2. The monoisotopic (exact) mass is 413 g/mol. The molecule has 0 bridgehead atoms. The van der Waals surface area contributed by atoms with Gasteiger partial charge in [0, 0.05) is 31.5 Å². The van der Waals surface area contributed by atoms with Gasteiger partial charge in [-0.1, -0.05) is 20.8 Å². The lowest BCUT2D eigenvalue weighted by Gasteiger charge is -2.56. The number of Topliss-reactive ketones (excluding diaryl/α,β-unsaturated/α-hetero) is 1. The van der Waals surface area contributed by atoms with Gasteiger partial charge in [0.05, 0.1) is 6.10 Å². The Balaban J connectivity index is 1.28. The molecule has 1 unspecified atom stereocenters. The van der Waals surface area contributed by atoms with Crippen molar-refractivity contribution < 1.29 is 9.90 Å². The first-order valence-corrected chi connectivity index (χ1v) is 13.3. The average Bonchev–Trinajstić information content (AvgIpc) is 3.09. The van der Waals surface area contributed by atoms with E-state index in [-0.39, 0.29) is 17.4 Å². The lowest BCUT2D eigenvalue weighted by molar-refractivity contribution is -0.145. The van der Waals surface area contributed by atoms with E-state index < -0.39 is 0 Å². The van der Waals surface area contributed by atoms with Crippen LogP contribution in [0, 0.1) is 58.7 Å². The highest BCUT2D eigenvalue weighted by Crippen LogP contribution is 2.66. The molecule has 168 valence electrons. The fourth-order valence-electron chi connectivity index (χ4n) is 10.3. The van der Waals surface area contributed by atoms with E-state index in [1.807, 2.05) is 0 Å². The summed E-state index contributed by atoms with van der Waals surface area (Å²) < 4.78 is 0. The van der Waals surface area contributed by atoms with Crippen LogP contribution < -0.4 is 0 Å². The molecular formula is C27H43NO2. The number of aliphatic hydroxyl groups excluding tert-OH is 1. The summed E-state index contributed by atoms with van der Waals surface area (Å²) in [7, 11) is 0. The van der Waals surface area contributed by atoms with E-state index in [1.54, 1.807) is 0 Å². The zero-order valence-corrected chi connectivity index (χ0v) is 19.4. The fraction of sp³-hybridized carbons (Fsp3) is 0.963. The minimum absolute atomic E-state index is 0.135. The summed E-state index contributed by atoms with van der Waals surface area (Å²) in [5.74, 6) is 7.19. The lowest BCUT2D eigenvalue weighted by Crippen LogP contribution is -2.58. The van der Waals surface area contributed by atoms with Crippen LogP contribution in [0.2, 0.25) is 0 Å². The van der Waals surface area contributed by atoms with E-state index in [2.05, 4.69) is 25.7 Å². The highest BCUT2D eigenvalue weighted by atomic mass is 16.3. The van der Waals surface area contributed by atoms with Crippen LogP contribution in [0.4, 0.5) is 0 Å². The molecule has 0 radical (unpaired) electrons. The van der Waals surface area contributed by atoms with Gasteiger partial charge in [-0.15, -0.1) is 0 Å². The van der Waals surface area contributed by atoms with E-state index in [0.29, 0.717) is 11.7 Å². The number of aliphatic hydroxyl groups is 1. The van der Waals surface area contributed by atoms with E-state index in [4.69, 9.17) is 0 Å². The van der Waals surface area contributed by atoms with E-state index in [9.17, 15) is 9.90 Å². The molecule has 2 heterocycles. The van der Waals surface area contributed by atoms with Gasteiger partial charge in [-0.25, -0.2) is 0 Å². The quantitative estimate of drug-likeness (QED) is 0.622.